The molecule has 1 amide bonds. The highest BCUT2D eigenvalue weighted by atomic mass is 16.6. The zero-order valence-electron chi connectivity index (χ0n) is 17.4. The van der Waals surface area contributed by atoms with Crippen LogP contribution in [0, 0.1) is 5.41 Å². The second-order valence-corrected chi connectivity index (χ2v) is 7.33. The Bertz CT molecular complexity index is 922. The third kappa shape index (κ3) is 5.03. The number of ether oxygens (including phenoxy) is 2. The monoisotopic (exact) mass is 487 g/mol. The topological polar surface area (TPSA) is 294 Å². The molecule has 18 heteroatoms. The Balaban J connectivity index is 0.000000191. The van der Waals surface area contributed by atoms with Crippen LogP contribution in [0.3, 0.4) is 0 Å². The number of nitrogen functional groups attached to an aromatic ring is 1. The molecule has 34 heavy (non-hydrogen) atoms. The number of primary amides is 1. The quantitative estimate of drug-likeness (QED) is 0.135. The van der Waals surface area contributed by atoms with Crippen molar-refractivity contribution < 1.29 is 44.9 Å². The van der Waals surface area contributed by atoms with Crippen molar-refractivity contribution in [3.8, 4) is 0 Å². The fourth-order valence-corrected chi connectivity index (χ4v) is 3.23. The largest absolute Gasteiger partial charge is 0.394 e. The van der Waals surface area contributed by atoms with Gasteiger partial charge < -0.3 is 51.6 Å². The molecule has 188 valence electrons. The molecule has 2 aromatic rings. The Kier molecular flexibility index (Phi) is 7.84. The maximum atomic E-state index is 10.8. The number of aliphatic hydroxyl groups is 6. The van der Waals surface area contributed by atoms with E-state index >= 15 is 0 Å². The van der Waals surface area contributed by atoms with Crippen molar-refractivity contribution in [1.82, 2.24) is 29.5 Å². The van der Waals surface area contributed by atoms with Gasteiger partial charge in [0.1, 0.15) is 49.3 Å². The van der Waals surface area contributed by atoms with Gasteiger partial charge in [0.15, 0.2) is 18.3 Å². The number of nitrogens with zero attached hydrogens (tertiary/aromatic N) is 6. The van der Waals surface area contributed by atoms with E-state index in [0.29, 0.717) is 0 Å². The van der Waals surface area contributed by atoms with Crippen molar-refractivity contribution >= 4 is 11.7 Å². The highest BCUT2D eigenvalue weighted by Gasteiger charge is 2.45. The van der Waals surface area contributed by atoms with Gasteiger partial charge in [-0.25, -0.2) is 19.3 Å². The molecule has 11 N–H and O–H groups in total. The van der Waals surface area contributed by atoms with Gasteiger partial charge >= 0.3 is 0 Å². The van der Waals surface area contributed by atoms with Crippen LogP contribution in [0.25, 0.3) is 0 Å². The van der Waals surface area contributed by atoms with Crippen molar-refractivity contribution in [2.75, 3.05) is 13.2 Å². The van der Waals surface area contributed by atoms with E-state index in [1.54, 1.807) is 0 Å². The molecule has 0 radical (unpaired) electrons. The lowest BCUT2D eigenvalue weighted by atomic mass is 10.1. The molecule has 18 nitrogen and oxygen atoms in total. The van der Waals surface area contributed by atoms with E-state index in [0.717, 1.165) is 15.7 Å². The van der Waals surface area contributed by atoms with Gasteiger partial charge in [-0.15, -0.1) is 10.2 Å². The number of hydrogen-bond acceptors (Lipinski definition) is 14. The first-order chi connectivity index (χ1) is 16.1. The predicted molar refractivity (Wildman–Crippen MR) is 106 cm³/mol. The Labute approximate surface area is 190 Å². The van der Waals surface area contributed by atoms with Crippen molar-refractivity contribution in [1.29, 1.82) is 5.41 Å². The molecular weight excluding hydrogens is 462 g/mol. The number of carbonyl (C=O) groups is 1. The third-order valence-corrected chi connectivity index (χ3v) is 5.03. The van der Waals surface area contributed by atoms with Gasteiger partial charge in [0, 0.05) is 0 Å². The van der Waals surface area contributed by atoms with E-state index in [-0.39, 0.29) is 17.5 Å². The minimum atomic E-state index is -1.27. The minimum Gasteiger partial charge on any atom is -0.394 e. The van der Waals surface area contributed by atoms with Crippen LogP contribution in [0.2, 0.25) is 0 Å². The average Bonchev–Trinajstić information content (AvgIpc) is 3.58. The Hall–Kier alpha value is -3.10. The number of nitrogens with two attached hydrogens (primary N) is 2. The van der Waals surface area contributed by atoms with Crippen LogP contribution in [-0.4, -0.2) is 122 Å². The summed E-state index contributed by atoms with van der Waals surface area (Å²) in [5.41, 5.74) is 10.2. The van der Waals surface area contributed by atoms with Crippen LogP contribution in [-0.2, 0) is 9.47 Å². The molecule has 2 aliphatic heterocycles. The summed E-state index contributed by atoms with van der Waals surface area (Å²) in [6, 6.07) is 0. The molecule has 2 fully saturated rings. The molecule has 2 unspecified atom stereocenters. The fourth-order valence-electron chi connectivity index (χ4n) is 3.23. The van der Waals surface area contributed by atoms with Gasteiger partial charge in [-0.1, -0.05) is 0 Å². The van der Waals surface area contributed by atoms with Gasteiger partial charge in [0.05, 0.1) is 13.2 Å². The van der Waals surface area contributed by atoms with Crippen LogP contribution in [0.1, 0.15) is 28.9 Å². The first-order valence-electron chi connectivity index (χ1n) is 9.80. The highest BCUT2D eigenvalue weighted by molar-refractivity contribution is 5.90. The third-order valence-electron chi connectivity index (χ3n) is 5.03. The summed E-state index contributed by atoms with van der Waals surface area (Å²) in [4.78, 5) is 18.1. The van der Waals surface area contributed by atoms with Crippen LogP contribution in [0.5, 0.6) is 0 Å². The van der Waals surface area contributed by atoms with Crippen molar-refractivity contribution in [2.24, 2.45) is 11.5 Å². The number of hydrogen-bond donors (Lipinski definition) is 9. The molecule has 0 saturated carbocycles. The first kappa shape index (κ1) is 25.5. The number of nitrogens with one attached hydrogen (secondary N) is 1. The molecule has 2 saturated heterocycles. The van der Waals surface area contributed by atoms with Gasteiger partial charge in [0.25, 0.3) is 5.91 Å². The second kappa shape index (κ2) is 10.4. The molecule has 0 bridgehead atoms. The molecule has 0 aromatic carbocycles. The SMILES string of the molecule is N=C(N)c1ncn([C@@H]2O[C@H](CO)C(O)[C@@H]2O)n1.NC(=O)c1ncn([C@@H]2O[C@H](CO)C(O)[C@@H]2O)n1. The van der Waals surface area contributed by atoms with Crippen molar-refractivity contribution in [3.63, 3.8) is 0 Å². The second-order valence-electron chi connectivity index (χ2n) is 7.33. The van der Waals surface area contributed by atoms with Gasteiger partial charge in [-0.2, -0.15) is 0 Å². The number of carbonyl (C=O) groups excluding carboxylic acids is 1. The van der Waals surface area contributed by atoms with Crippen LogP contribution in [0.4, 0.5) is 0 Å². The Morgan fingerprint density at radius 3 is 1.56 bits per heavy atom. The van der Waals surface area contributed by atoms with E-state index in [9.17, 15) is 25.2 Å². The summed E-state index contributed by atoms with van der Waals surface area (Å²) in [7, 11) is 0. The lowest BCUT2D eigenvalue weighted by molar-refractivity contribution is -0.0588. The number of aliphatic hydroxyl groups excluding tert-OH is 6. The predicted octanol–water partition coefficient (Wildman–Crippen LogP) is -5.84. The molecule has 4 rings (SSSR count). The maximum absolute atomic E-state index is 10.8. The zero-order valence-corrected chi connectivity index (χ0v) is 17.4. The summed E-state index contributed by atoms with van der Waals surface area (Å²) in [5.74, 6) is -1.34. The van der Waals surface area contributed by atoms with Gasteiger partial charge in [-0.05, 0) is 0 Å². The summed E-state index contributed by atoms with van der Waals surface area (Å²) < 4.78 is 12.6. The smallest absolute Gasteiger partial charge is 0.288 e. The number of amidine groups is 1. The molecule has 2 aliphatic rings. The number of amides is 1. The van der Waals surface area contributed by atoms with Crippen molar-refractivity contribution in [3.05, 3.63) is 24.3 Å². The molecule has 0 spiro atoms. The van der Waals surface area contributed by atoms with E-state index < -0.39 is 68.2 Å². The molecule has 2 aromatic heterocycles. The summed E-state index contributed by atoms with van der Waals surface area (Å²) >= 11 is 0. The number of rotatable bonds is 6. The van der Waals surface area contributed by atoms with Crippen LogP contribution in [0.15, 0.2) is 12.7 Å². The van der Waals surface area contributed by atoms with Crippen molar-refractivity contribution in [2.45, 2.75) is 49.1 Å². The van der Waals surface area contributed by atoms with E-state index in [2.05, 4.69) is 20.2 Å². The lowest BCUT2D eigenvalue weighted by Gasteiger charge is -2.13. The van der Waals surface area contributed by atoms with Crippen LogP contribution >= 0.6 is 0 Å². The highest BCUT2D eigenvalue weighted by Crippen LogP contribution is 2.29. The molecule has 4 heterocycles. The maximum Gasteiger partial charge on any atom is 0.288 e. The lowest BCUT2D eigenvalue weighted by Crippen LogP contribution is -2.33. The average molecular weight is 487 g/mol. The van der Waals surface area contributed by atoms with Crippen LogP contribution < -0.4 is 11.5 Å². The molecule has 0 aliphatic carbocycles. The molecular formula is C16H25N9O9. The fraction of sp³-hybridized carbons (Fsp3) is 0.625. The minimum absolute atomic E-state index is 0.00254. The zero-order chi connectivity index (χ0) is 25.2. The Morgan fingerprint density at radius 1 is 0.853 bits per heavy atom. The van der Waals surface area contributed by atoms with E-state index in [4.69, 9.17) is 36.6 Å². The van der Waals surface area contributed by atoms with E-state index in [1.165, 1.54) is 6.33 Å². The summed E-state index contributed by atoms with van der Waals surface area (Å²) in [5, 5.41) is 70.9. The first-order valence-corrected chi connectivity index (χ1v) is 9.80. The Morgan fingerprint density at radius 2 is 1.26 bits per heavy atom. The summed E-state index contributed by atoms with van der Waals surface area (Å²) in [6.45, 7) is -0.852. The summed E-state index contributed by atoms with van der Waals surface area (Å²) in [6.07, 6.45) is -6.29. The van der Waals surface area contributed by atoms with E-state index in [1.807, 2.05) is 0 Å². The number of aromatic nitrogens is 6. The van der Waals surface area contributed by atoms with Gasteiger partial charge in [-0.3, -0.25) is 10.2 Å². The standard InChI is InChI=1S/C8H13N5O4.C8H12N4O5/c9-6(10)7-11-2-13(12-7)8-5(16)4(15)3(1-14)17-8;9-6(16)7-10-2-12(11-7)8-5(15)4(14)3(1-13)17-8/h2-5,8,14-16H,1H2,(H3,9,10);2-5,8,13-15H,1H2,(H2,9,16)/t2*3-,4?,5+,8-/m11/s1. The molecule has 8 atom stereocenters. The van der Waals surface area contributed by atoms with Gasteiger partial charge in [0.2, 0.25) is 11.6 Å². The normalized spacial score (nSPS) is 32.9.